The van der Waals surface area contributed by atoms with Gasteiger partial charge in [-0.05, 0) is 48.7 Å². The monoisotopic (exact) mass is 337 g/mol. The van der Waals surface area contributed by atoms with Crippen molar-refractivity contribution in [2.45, 2.75) is 19.1 Å². The molecule has 0 bridgehead atoms. The van der Waals surface area contributed by atoms with Crippen LogP contribution in [0.4, 0.5) is 4.39 Å². The first-order valence-electron chi connectivity index (χ1n) is 7.36. The van der Waals surface area contributed by atoms with E-state index < -0.39 is 10.0 Å². The van der Waals surface area contributed by atoms with E-state index in [0.29, 0.717) is 25.3 Å². The Hall–Kier alpha value is -1.92. The van der Waals surface area contributed by atoms with Crippen molar-refractivity contribution in [3.63, 3.8) is 0 Å². The van der Waals surface area contributed by atoms with E-state index in [1.165, 1.54) is 24.3 Å². The zero-order chi connectivity index (χ0) is 16.7. The molecule has 0 aliphatic heterocycles. The van der Waals surface area contributed by atoms with Crippen LogP contribution in [0, 0.1) is 12.7 Å². The highest BCUT2D eigenvalue weighted by Crippen LogP contribution is 2.12. The number of hydrogen-bond donors (Lipinski definition) is 1. The predicted molar refractivity (Wildman–Crippen MR) is 88.3 cm³/mol. The minimum Gasteiger partial charge on any atom is -0.494 e. The van der Waals surface area contributed by atoms with Crippen LogP contribution in [-0.4, -0.2) is 21.6 Å². The van der Waals surface area contributed by atoms with E-state index in [9.17, 15) is 12.8 Å². The molecule has 0 aromatic heterocycles. The van der Waals surface area contributed by atoms with Crippen LogP contribution in [0.1, 0.15) is 17.5 Å². The van der Waals surface area contributed by atoms with Crippen molar-refractivity contribution in [1.29, 1.82) is 0 Å². The lowest BCUT2D eigenvalue weighted by Gasteiger charge is -2.09. The fourth-order valence-corrected chi connectivity index (χ4v) is 3.34. The van der Waals surface area contributed by atoms with E-state index in [1.54, 1.807) is 0 Å². The summed E-state index contributed by atoms with van der Waals surface area (Å²) in [5, 5.41) is 0. The van der Waals surface area contributed by atoms with Crippen molar-refractivity contribution in [3.8, 4) is 5.75 Å². The molecule has 0 saturated carbocycles. The topological polar surface area (TPSA) is 55.4 Å². The van der Waals surface area contributed by atoms with Crippen LogP contribution in [0.15, 0.2) is 48.5 Å². The standard InChI is InChI=1S/C17H20FNO3S/c1-14-5-2-3-6-15(14)13-23(20,21)19-11-4-12-22-17-9-7-16(18)8-10-17/h2-3,5-10,19H,4,11-13H2,1H3. The van der Waals surface area contributed by atoms with Gasteiger partial charge in [-0.15, -0.1) is 0 Å². The summed E-state index contributed by atoms with van der Waals surface area (Å²) < 4.78 is 44.8. The highest BCUT2D eigenvalue weighted by molar-refractivity contribution is 7.88. The first kappa shape index (κ1) is 17.4. The van der Waals surface area contributed by atoms with E-state index in [4.69, 9.17) is 4.74 Å². The summed E-state index contributed by atoms with van der Waals surface area (Å²) in [7, 11) is -3.36. The van der Waals surface area contributed by atoms with Gasteiger partial charge in [-0.1, -0.05) is 24.3 Å². The molecule has 0 fully saturated rings. The number of nitrogens with one attached hydrogen (secondary N) is 1. The molecule has 2 rings (SSSR count). The fraction of sp³-hybridized carbons (Fsp3) is 0.294. The van der Waals surface area contributed by atoms with Crippen LogP contribution in [-0.2, 0) is 15.8 Å². The van der Waals surface area contributed by atoms with Crippen molar-refractivity contribution < 1.29 is 17.5 Å². The average Bonchev–Trinajstić information content (AvgIpc) is 2.51. The van der Waals surface area contributed by atoms with E-state index in [-0.39, 0.29) is 11.6 Å². The minimum atomic E-state index is -3.36. The van der Waals surface area contributed by atoms with Gasteiger partial charge < -0.3 is 4.74 Å². The van der Waals surface area contributed by atoms with Crippen LogP contribution in [0.25, 0.3) is 0 Å². The Bertz CT molecular complexity index is 730. The van der Waals surface area contributed by atoms with Crippen molar-refractivity contribution in [3.05, 3.63) is 65.5 Å². The van der Waals surface area contributed by atoms with Crippen molar-refractivity contribution in [1.82, 2.24) is 4.72 Å². The average molecular weight is 337 g/mol. The van der Waals surface area contributed by atoms with E-state index in [2.05, 4.69) is 4.72 Å². The molecule has 0 saturated heterocycles. The summed E-state index contributed by atoms with van der Waals surface area (Å²) in [6.45, 7) is 2.55. The molecule has 0 aliphatic carbocycles. The van der Waals surface area contributed by atoms with Gasteiger partial charge in [0.05, 0.1) is 12.4 Å². The van der Waals surface area contributed by atoms with Crippen LogP contribution in [0.2, 0.25) is 0 Å². The summed E-state index contributed by atoms with van der Waals surface area (Å²) in [5.74, 6) is 0.217. The number of rotatable bonds is 8. The lowest BCUT2D eigenvalue weighted by molar-refractivity contribution is 0.311. The van der Waals surface area contributed by atoms with Gasteiger partial charge in [0, 0.05) is 6.54 Å². The Morgan fingerprint density at radius 2 is 1.78 bits per heavy atom. The molecule has 2 aromatic carbocycles. The van der Waals surface area contributed by atoms with Crippen LogP contribution in [0.5, 0.6) is 5.75 Å². The highest BCUT2D eigenvalue weighted by atomic mass is 32.2. The fourth-order valence-electron chi connectivity index (χ4n) is 2.05. The lowest BCUT2D eigenvalue weighted by Crippen LogP contribution is -2.27. The second-order valence-corrected chi connectivity index (χ2v) is 7.04. The van der Waals surface area contributed by atoms with Gasteiger partial charge in [0.25, 0.3) is 0 Å². The molecule has 0 aliphatic rings. The Morgan fingerprint density at radius 1 is 1.09 bits per heavy atom. The first-order valence-corrected chi connectivity index (χ1v) is 9.02. The summed E-state index contributed by atoms with van der Waals surface area (Å²) in [6.07, 6.45) is 0.532. The van der Waals surface area contributed by atoms with Crippen molar-refractivity contribution in [2.75, 3.05) is 13.2 Å². The number of halogens is 1. The Kier molecular flexibility index (Phi) is 6.12. The van der Waals surface area contributed by atoms with E-state index >= 15 is 0 Å². The summed E-state index contributed by atoms with van der Waals surface area (Å²) in [5.41, 5.74) is 1.75. The van der Waals surface area contributed by atoms with Gasteiger partial charge >= 0.3 is 0 Å². The number of sulfonamides is 1. The highest BCUT2D eigenvalue weighted by Gasteiger charge is 2.12. The molecule has 4 nitrogen and oxygen atoms in total. The predicted octanol–water partition coefficient (Wildman–Crippen LogP) is 3.02. The molecular weight excluding hydrogens is 317 g/mol. The van der Waals surface area contributed by atoms with Gasteiger partial charge in [-0.3, -0.25) is 0 Å². The summed E-state index contributed by atoms with van der Waals surface area (Å²) >= 11 is 0. The minimum absolute atomic E-state index is 0.0293. The SMILES string of the molecule is Cc1ccccc1CS(=O)(=O)NCCCOc1ccc(F)cc1. The molecule has 0 amide bonds. The van der Waals surface area contributed by atoms with Gasteiger partial charge in [0.2, 0.25) is 10.0 Å². The van der Waals surface area contributed by atoms with Gasteiger partial charge in [0.15, 0.2) is 0 Å². The molecule has 0 heterocycles. The first-order chi connectivity index (χ1) is 11.0. The third-order valence-electron chi connectivity index (χ3n) is 3.33. The van der Waals surface area contributed by atoms with Crippen molar-refractivity contribution >= 4 is 10.0 Å². The Labute approximate surface area is 136 Å². The Balaban J connectivity index is 1.72. The number of ether oxygens (including phenoxy) is 1. The molecule has 0 radical (unpaired) electrons. The number of hydrogen-bond acceptors (Lipinski definition) is 3. The van der Waals surface area contributed by atoms with Crippen LogP contribution < -0.4 is 9.46 Å². The molecule has 124 valence electrons. The summed E-state index contributed by atoms with van der Waals surface area (Å²) in [6, 6.07) is 13.1. The molecule has 6 heteroatoms. The van der Waals surface area contributed by atoms with Crippen LogP contribution >= 0.6 is 0 Å². The molecule has 0 spiro atoms. The van der Waals surface area contributed by atoms with E-state index in [0.717, 1.165) is 11.1 Å². The van der Waals surface area contributed by atoms with E-state index in [1.807, 2.05) is 31.2 Å². The maximum atomic E-state index is 12.7. The third kappa shape index (κ3) is 6.00. The second kappa shape index (κ2) is 8.08. The summed E-state index contributed by atoms with van der Waals surface area (Å²) in [4.78, 5) is 0. The Morgan fingerprint density at radius 3 is 2.48 bits per heavy atom. The molecule has 2 aromatic rings. The van der Waals surface area contributed by atoms with Crippen molar-refractivity contribution in [2.24, 2.45) is 0 Å². The molecule has 1 N–H and O–H groups in total. The number of aryl methyl sites for hydroxylation is 1. The molecule has 0 unspecified atom stereocenters. The molecular formula is C17H20FNO3S. The second-order valence-electron chi connectivity index (χ2n) is 5.24. The van der Waals surface area contributed by atoms with Gasteiger partial charge in [-0.25, -0.2) is 17.5 Å². The maximum absolute atomic E-state index is 12.7. The third-order valence-corrected chi connectivity index (χ3v) is 4.67. The molecule has 0 atom stereocenters. The number of benzene rings is 2. The lowest BCUT2D eigenvalue weighted by atomic mass is 10.1. The maximum Gasteiger partial charge on any atom is 0.215 e. The van der Waals surface area contributed by atoms with Gasteiger partial charge in [-0.2, -0.15) is 0 Å². The zero-order valence-electron chi connectivity index (χ0n) is 13.0. The largest absolute Gasteiger partial charge is 0.494 e. The molecule has 23 heavy (non-hydrogen) atoms. The quantitative estimate of drug-likeness (QED) is 0.753. The van der Waals surface area contributed by atoms with Crippen LogP contribution in [0.3, 0.4) is 0 Å². The smallest absolute Gasteiger partial charge is 0.215 e. The normalized spacial score (nSPS) is 11.4. The van der Waals surface area contributed by atoms with Gasteiger partial charge in [0.1, 0.15) is 11.6 Å². The zero-order valence-corrected chi connectivity index (χ0v) is 13.8.